The summed E-state index contributed by atoms with van der Waals surface area (Å²) in [7, 11) is 1.61. The Morgan fingerprint density at radius 2 is 1.86 bits per heavy atom. The summed E-state index contributed by atoms with van der Waals surface area (Å²) in [4.78, 5) is 25.2. The molecule has 0 aliphatic rings. The lowest BCUT2D eigenvalue weighted by molar-refractivity contribution is -0.116. The number of aromatic nitrogens is 3. The maximum Gasteiger partial charge on any atom is 0.277 e. The van der Waals surface area contributed by atoms with Crippen LogP contribution in [0.1, 0.15) is 5.56 Å². The van der Waals surface area contributed by atoms with Gasteiger partial charge in [0.05, 0.1) is 12.8 Å². The number of anilines is 1. The van der Waals surface area contributed by atoms with Crippen LogP contribution in [0.5, 0.6) is 5.75 Å². The summed E-state index contributed by atoms with van der Waals surface area (Å²) in [5, 5.41) is 7.30. The first-order valence-corrected chi connectivity index (χ1v) is 9.14. The van der Waals surface area contributed by atoms with Gasteiger partial charge in [-0.25, -0.2) is 4.52 Å². The molecule has 2 aromatic carbocycles. The van der Waals surface area contributed by atoms with Crippen LogP contribution < -0.4 is 15.6 Å². The van der Waals surface area contributed by atoms with Gasteiger partial charge >= 0.3 is 0 Å². The Kier molecular flexibility index (Phi) is 4.87. The molecule has 0 saturated carbocycles. The van der Waals surface area contributed by atoms with Crippen LogP contribution in [-0.2, 0) is 11.3 Å². The fourth-order valence-corrected chi connectivity index (χ4v) is 3.11. The number of hydrogen-bond acceptors (Lipinski definition) is 4. The number of nitrogens with zero attached hydrogens (tertiary/aromatic N) is 3. The molecule has 1 amide bonds. The standard InChI is InChI=1S/C22H20N4O3/c1-15-5-3-4-6-18(15)23-21(27)14-25-11-12-26-20(22(25)28)13-19(24-26)16-7-9-17(29-2)10-8-16/h3-13H,14H2,1-2H3,(H,23,27). The summed E-state index contributed by atoms with van der Waals surface area (Å²) in [6.45, 7) is 1.84. The van der Waals surface area contributed by atoms with Crippen LogP contribution in [-0.4, -0.2) is 27.2 Å². The number of nitrogens with one attached hydrogen (secondary N) is 1. The van der Waals surface area contributed by atoms with Crippen molar-refractivity contribution in [3.8, 4) is 17.0 Å². The third-order valence-corrected chi connectivity index (χ3v) is 4.72. The third kappa shape index (κ3) is 3.75. The van der Waals surface area contributed by atoms with Crippen molar-refractivity contribution in [1.29, 1.82) is 0 Å². The number of carbonyl (C=O) groups excluding carboxylic acids is 1. The first-order valence-electron chi connectivity index (χ1n) is 9.14. The van der Waals surface area contributed by atoms with Gasteiger partial charge in [-0.3, -0.25) is 9.59 Å². The molecule has 0 fully saturated rings. The van der Waals surface area contributed by atoms with Crippen LogP contribution in [0.15, 0.2) is 71.8 Å². The second-order valence-electron chi connectivity index (χ2n) is 6.68. The lowest BCUT2D eigenvalue weighted by Gasteiger charge is -2.09. The minimum Gasteiger partial charge on any atom is -0.497 e. The lowest BCUT2D eigenvalue weighted by atomic mass is 10.1. The van der Waals surface area contributed by atoms with Gasteiger partial charge < -0.3 is 14.6 Å². The zero-order valence-electron chi connectivity index (χ0n) is 16.1. The Bertz CT molecular complexity index is 1240. The molecule has 0 atom stereocenters. The van der Waals surface area contributed by atoms with E-state index in [9.17, 15) is 9.59 Å². The maximum atomic E-state index is 12.8. The normalized spacial score (nSPS) is 10.8. The van der Waals surface area contributed by atoms with Gasteiger partial charge in [-0.05, 0) is 48.9 Å². The van der Waals surface area contributed by atoms with Gasteiger partial charge in [0, 0.05) is 23.6 Å². The number of methoxy groups -OCH3 is 1. The average molecular weight is 388 g/mol. The lowest BCUT2D eigenvalue weighted by Crippen LogP contribution is -2.28. The summed E-state index contributed by atoms with van der Waals surface area (Å²) < 4.78 is 8.07. The van der Waals surface area contributed by atoms with E-state index >= 15 is 0 Å². The summed E-state index contributed by atoms with van der Waals surface area (Å²) in [5.41, 5.74) is 3.37. The van der Waals surface area contributed by atoms with Crippen molar-refractivity contribution in [3.63, 3.8) is 0 Å². The van der Waals surface area contributed by atoms with Crippen molar-refractivity contribution in [3.05, 3.63) is 82.9 Å². The molecular weight excluding hydrogens is 368 g/mol. The fraction of sp³-hybridized carbons (Fsp3) is 0.136. The second kappa shape index (κ2) is 7.63. The second-order valence-corrected chi connectivity index (χ2v) is 6.68. The van der Waals surface area contributed by atoms with Crippen molar-refractivity contribution in [2.24, 2.45) is 0 Å². The largest absolute Gasteiger partial charge is 0.497 e. The van der Waals surface area contributed by atoms with Gasteiger partial charge in [0.1, 0.15) is 17.8 Å². The van der Waals surface area contributed by atoms with Crippen LogP contribution in [0, 0.1) is 6.92 Å². The topological polar surface area (TPSA) is 77.6 Å². The van der Waals surface area contributed by atoms with Gasteiger partial charge in [-0.1, -0.05) is 18.2 Å². The molecule has 29 heavy (non-hydrogen) atoms. The van der Waals surface area contributed by atoms with Gasteiger partial charge in [-0.2, -0.15) is 5.10 Å². The quantitative estimate of drug-likeness (QED) is 0.570. The van der Waals surface area contributed by atoms with E-state index in [1.165, 1.54) is 9.08 Å². The number of benzene rings is 2. The monoisotopic (exact) mass is 388 g/mol. The molecule has 0 bridgehead atoms. The van der Waals surface area contributed by atoms with E-state index in [-0.39, 0.29) is 18.0 Å². The molecule has 0 unspecified atom stereocenters. The number of hydrogen-bond donors (Lipinski definition) is 1. The molecule has 4 aromatic rings. The highest BCUT2D eigenvalue weighted by atomic mass is 16.5. The molecule has 2 heterocycles. The highest BCUT2D eigenvalue weighted by Gasteiger charge is 2.12. The van der Waals surface area contributed by atoms with Crippen molar-refractivity contribution < 1.29 is 9.53 Å². The van der Waals surface area contributed by atoms with E-state index < -0.39 is 0 Å². The first kappa shape index (κ1) is 18.5. The minimum atomic E-state index is -0.278. The number of ether oxygens (including phenoxy) is 1. The van der Waals surface area contributed by atoms with Gasteiger partial charge in [0.15, 0.2) is 0 Å². The molecule has 0 spiro atoms. The number of amides is 1. The van der Waals surface area contributed by atoms with Crippen LogP contribution in [0.2, 0.25) is 0 Å². The van der Waals surface area contributed by atoms with E-state index in [0.717, 1.165) is 22.6 Å². The summed E-state index contributed by atoms with van der Waals surface area (Å²) in [5.74, 6) is 0.486. The molecule has 4 rings (SSSR count). The molecule has 2 aromatic heterocycles. The number of para-hydroxylation sites is 1. The minimum absolute atomic E-state index is 0.0767. The van der Waals surface area contributed by atoms with Crippen molar-refractivity contribution in [1.82, 2.24) is 14.2 Å². The maximum absolute atomic E-state index is 12.8. The molecular formula is C22H20N4O3. The van der Waals surface area contributed by atoms with Gasteiger partial charge in [0.2, 0.25) is 5.91 Å². The van der Waals surface area contributed by atoms with Crippen LogP contribution in [0.3, 0.4) is 0 Å². The van der Waals surface area contributed by atoms with E-state index in [4.69, 9.17) is 4.74 Å². The Balaban J connectivity index is 1.59. The molecule has 0 saturated heterocycles. The molecule has 7 nitrogen and oxygen atoms in total. The van der Waals surface area contributed by atoms with Gasteiger partial charge in [0.25, 0.3) is 5.56 Å². The number of rotatable bonds is 5. The molecule has 0 radical (unpaired) electrons. The molecule has 7 heteroatoms. The van der Waals surface area contributed by atoms with Crippen LogP contribution in [0.4, 0.5) is 5.69 Å². The predicted octanol–water partition coefficient (Wildman–Crippen LogP) is 3.12. The van der Waals surface area contributed by atoms with E-state index in [1.54, 1.807) is 25.6 Å². The predicted molar refractivity (Wildman–Crippen MR) is 111 cm³/mol. The van der Waals surface area contributed by atoms with E-state index in [0.29, 0.717) is 11.2 Å². The first-order chi connectivity index (χ1) is 14.0. The Hall–Kier alpha value is -3.87. The fourth-order valence-electron chi connectivity index (χ4n) is 3.11. The van der Waals surface area contributed by atoms with Crippen molar-refractivity contribution >= 4 is 17.1 Å². The zero-order chi connectivity index (χ0) is 20.4. The van der Waals surface area contributed by atoms with Crippen molar-refractivity contribution in [2.75, 3.05) is 12.4 Å². The van der Waals surface area contributed by atoms with E-state index in [2.05, 4.69) is 10.4 Å². The third-order valence-electron chi connectivity index (χ3n) is 4.72. The van der Waals surface area contributed by atoms with Crippen LogP contribution >= 0.6 is 0 Å². The molecule has 146 valence electrons. The molecule has 1 N–H and O–H groups in total. The Morgan fingerprint density at radius 3 is 2.59 bits per heavy atom. The van der Waals surface area contributed by atoms with Crippen LogP contribution in [0.25, 0.3) is 16.8 Å². The summed E-state index contributed by atoms with van der Waals surface area (Å²) in [6.07, 6.45) is 3.24. The average Bonchev–Trinajstić information content (AvgIpc) is 3.17. The highest BCUT2D eigenvalue weighted by Crippen LogP contribution is 2.21. The molecule has 0 aliphatic heterocycles. The smallest absolute Gasteiger partial charge is 0.277 e. The van der Waals surface area contributed by atoms with Gasteiger partial charge in [-0.15, -0.1) is 0 Å². The Labute approximate surface area is 167 Å². The van der Waals surface area contributed by atoms with E-state index in [1.807, 2.05) is 55.5 Å². The number of aryl methyl sites for hydroxylation is 1. The number of fused-ring (bicyclic) bond motifs is 1. The van der Waals surface area contributed by atoms with Crippen molar-refractivity contribution in [2.45, 2.75) is 13.5 Å². The molecule has 0 aliphatic carbocycles. The SMILES string of the molecule is COc1ccc(-c2cc3c(=O)n(CC(=O)Nc4ccccc4C)ccn3n2)cc1. The summed E-state index contributed by atoms with van der Waals surface area (Å²) >= 11 is 0. The summed E-state index contributed by atoms with van der Waals surface area (Å²) in [6, 6.07) is 16.7. The highest BCUT2D eigenvalue weighted by molar-refractivity contribution is 5.91. The Morgan fingerprint density at radius 1 is 1.10 bits per heavy atom. The zero-order valence-corrected chi connectivity index (χ0v) is 16.1. The number of carbonyl (C=O) groups is 1.